The first-order chi connectivity index (χ1) is 14.3. The Bertz CT molecular complexity index is 1050. The molecule has 4 rings (SSSR count). The molecule has 1 aliphatic heterocycles. The summed E-state index contributed by atoms with van der Waals surface area (Å²) >= 11 is 0. The van der Waals surface area contributed by atoms with Gasteiger partial charge in [-0.05, 0) is 55.2 Å². The molecular formula is C23H23F3N2O2. The average Bonchev–Trinajstić information content (AvgIpc) is 3.21. The summed E-state index contributed by atoms with van der Waals surface area (Å²) in [6.07, 6.45) is -1.58. The summed E-state index contributed by atoms with van der Waals surface area (Å²) in [4.78, 5) is 17.7. The summed E-state index contributed by atoms with van der Waals surface area (Å²) in [5.41, 5.74) is 0.407. The smallest absolute Gasteiger partial charge is 0.396 e. The Hall–Kier alpha value is -2.80. The number of aliphatic hydroxyl groups excluding tert-OH is 1. The van der Waals surface area contributed by atoms with E-state index in [-0.39, 0.29) is 24.5 Å². The van der Waals surface area contributed by atoms with Crippen LogP contribution in [0.1, 0.15) is 34.3 Å². The minimum absolute atomic E-state index is 0.0969. The van der Waals surface area contributed by atoms with E-state index in [9.17, 15) is 23.1 Å². The van der Waals surface area contributed by atoms with Crippen LogP contribution >= 0.6 is 0 Å². The topological polar surface area (TPSA) is 56.3 Å². The number of carbonyl (C=O) groups is 1. The van der Waals surface area contributed by atoms with Crippen molar-refractivity contribution in [3.05, 3.63) is 71.4 Å². The number of carbonyl (C=O) groups excluding carboxylic acids is 1. The van der Waals surface area contributed by atoms with Crippen LogP contribution in [0.5, 0.6) is 0 Å². The van der Waals surface area contributed by atoms with Crippen molar-refractivity contribution < 1.29 is 23.1 Å². The van der Waals surface area contributed by atoms with Crippen molar-refractivity contribution in [1.29, 1.82) is 0 Å². The van der Waals surface area contributed by atoms with Gasteiger partial charge in [-0.3, -0.25) is 4.79 Å². The predicted octanol–water partition coefficient (Wildman–Crippen LogP) is 4.64. The molecule has 2 N–H and O–H groups in total. The van der Waals surface area contributed by atoms with Crippen molar-refractivity contribution in [2.75, 3.05) is 19.7 Å². The first-order valence-electron chi connectivity index (χ1n) is 9.94. The van der Waals surface area contributed by atoms with E-state index in [0.29, 0.717) is 31.5 Å². The second-order valence-corrected chi connectivity index (χ2v) is 8.06. The summed E-state index contributed by atoms with van der Waals surface area (Å²) in [7, 11) is 0. The average molecular weight is 416 g/mol. The van der Waals surface area contributed by atoms with Crippen molar-refractivity contribution in [1.82, 2.24) is 9.88 Å². The van der Waals surface area contributed by atoms with Crippen molar-refractivity contribution in [3.8, 4) is 0 Å². The van der Waals surface area contributed by atoms with Gasteiger partial charge in [0.05, 0.1) is 5.56 Å². The number of fused-ring (bicyclic) bond motifs is 1. The van der Waals surface area contributed by atoms with E-state index < -0.39 is 17.2 Å². The molecule has 1 aliphatic rings. The quantitative estimate of drug-likeness (QED) is 0.651. The molecule has 4 nitrogen and oxygen atoms in total. The summed E-state index contributed by atoms with van der Waals surface area (Å²) in [6.45, 7) is 0.591. The van der Waals surface area contributed by atoms with E-state index in [0.717, 1.165) is 17.0 Å². The number of amides is 1. The van der Waals surface area contributed by atoms with Gasteiger partial charge in [0.25, 0.3) is 5.91 Å². The third-order valence-electron chi connectivity index (χ3n) is 6.14. The third kappa shape index (κ3) is 3.94. The molecule has 0 saturated carbocycles. The van der Waals surface area contributed by atoms with E-state index in [1.807, 2.05) is 24.4 Å². The molecular weight excluding hydrogens is 393 g/mol. The second kappa shape index (κ2) is 7.80. The number of halogens is 3. The highest BCUT2D eigenvalue weighted by molar-refractivity contribution is 5.98. The van der Waals surface area contributed by atoms with E-state index >= 15 is 0 Å². The zero-order valence-corrected chi connectivity index (χ0v) is 16.4. The first-order valence-corrected chi connectivity index (χ1v) is 9.94. The summed E-state index contributed by atoms with van der Waals surface area (Å²) < 4.78 is 40.1. The molecule has 0 aliphatic carbocycles. The van der Waals surface area contributed by atoms with Crippen LogP contribution in [0, 0.1) is 5.41 Å². The number of nitrogens with one attached hydrogen (secondary N) is 1. The number of benzene rings is 2. The fourth-order valence-corrected chi connectivity index (χ4v) is 4.30. The lowest BCUT2D eigenvalue weighted by atomic mass is 9.73. The van der Waals surface area contributed by atoms with Crippen molar-refractivity contribution in [3.63, 3.8) is 0 Å². The number of hydrogen-bond acceptors (Lipinski definition) is 2. The van der Waals surface area contributed by atoms with Gasteiger partial charge >= 0.3 is 6.18 Å². The number of alkyl halides is 3. The van der Waals surface area contributed by atoms with Crippen LogP contribution in [0.15, 0.2) is 54.7 Å². The fourth-order valence-electron chi connectivity index (χ4n) is 4.30. The van der Waals surface area contributed by atoms with Crippen molar-refractivity contribution in [2.45, 2.75) is 25.4 Å². The summed E-state index contributed by atoms with van der Waals surface area (Å²) in [6, 6.07) is 12.9. The molecule has 0 unspecified atom stereocenters. The lowest BCUT2D eigenvalue weighted by Crippen LogP contribution is -2.45. The molecule has 0 atom stereocenters. The highest BCUT2D eigenvalue weighted by atomic mass is 19.4. The Morgan fingerprint density at radius 1 is 1.10 bits per heavy atom. The van der Waals surface area contributed by atoms with Gasteiger partial charge in [-0.1, -0.05) is 18.2 Å². The van der Waals surface area contributed by atoms with Gasteiger partial charge in [0.1, 0.15) is 0 Å². The zero-order chi connectivity index (χ0) is 21.4. The highest BCUT2D eigenvalue weighted by Crippen LogP contribution is 2.39. The molecule has 1 aromatic heterocycles. The van der Waals surface area contributed by atoms with Gasteiger partial charge < -0.3 is 15.0 Å². The lowest BCUT2D eigenvalue weighted by molar-refractivity contribution is -0.138. The number of nitrogens with zero attached hydrogens (tertiary/aromatic N) is 1. The molecule has 0 spiro atoms. The maximum atomic E-state index is 13.4. The van der Waals surface area contributed by atoms with Crippen molar-refractivity contribution in [2.24, 2.45) is 5.41 Å². The molecule has 0 bridgehead atoms. The zero-order valence-electron chi connectivity index (χ0n) is 16.4. The molecule has 2 heterocycles. The molecule has 1 fully saturated rings. The Balaban J connectivity index is 1.48. The monoisotopic (exact) mass is 416 g/mol. The number of aromatic nitrogens is 1. The standard InChI is InChI=1S/C23H23F3N2O2/c24-23(25,26)19-4-2-1-3-18(19)14-22(15-29)8-11-28(12-9-22)21(30)17-5-6-20-16(13-17)7-10-27-20/h1-7,10,13,27,29H,8-9,11-12,14-15H2. The Morgan fingerprint density at radius 3 is 2.53 bits per heavy atom. The molecule has 2 aromatic carbocycles. The van der Waals surface area contributed by atoms with Crippen LogP contribution in [0.3, 0.4) is 0 Å². The molecule has 0 radical (unpaired) electrons. The van der Waals surface area contributed by atoms with Gasteiger partial charge in [-0.15, -0.1) is 0 Å². The number of piperidine rings is 1. The second-order valence-electron chi connectivity index (χ2n) is 8.06. The number of hydrogen-bond donors (Lipinski definition) is 2. The van der Waals surface area contributed by atoms with Crippen LogP contribution in [0.25, 0.3) is 10.9 Å². The Morgan fingerprint density at radius 2 is 1.83 bits per heavy atom. The van der Waals surface area contributed by atoms with E-state index in [1.54, 1.807) is 17.0 Å². The largest absolute Gasteiger partial charge is 0.416 e. The number of aromatic amines is 1. The molecule has 1 saturated heterocycles. The third-order valence-corrected chi connectivity index (χ3v) is 6.14. The molecule has 1 amide bonds. The number of aliphatic hydroxyl groups is 1. The minimum atomic E-state index is -4.43. The number of rotatable bonds is 4. The first kappa shape index (κ1) is 20.5. The number of H-pyrrole nitrogens is 1. The van der Waals surface area contributed by atoms with Crippen LogP contribution in [0.4, 0.5) is 13.2 Å². The Kier molecular flexibility index (Phi) is 5.32. The van der Waals surface area contributed by atoms with E-state index in [4.69, 9.17) is 0 Å². The van der Waals surface area contributed by atoms with Crippen LogP contribution in [-0.2, 0) is 12.6 Å². The molecule has 30 heavy (non-hydrogen) atoms. The van der Waals surface area contributed by atoms with E-state index in [1.165, 1.54) is 12.1 Å². The summed E-state index contributed by atoms with van der Waals surface area (Å²) in [5, 5.41) is 11.0. The summed E-state index contributed by atoms with van der Waals surface area (Å²) in [5.74, 6) is -0.0969. The van der Waals surface area contributed by atoms with Gasteiger partial charge in [0.2, 0.25) is 0 Å². The van der Waals surface area contributed by atoms with Gasteiger partial charge in [-0.25, -0.2) is 0 Å². The maximum absolute atomic E-state index is 13.4. The van der Waals surface area contributed by atoms with Crippen LogP contribution < -0.4 is 0 Å². The van der Waals surface area contributed by atoms with Crippen LogP contribution in [0.2, 0.25) is 0 Å². The molecule has 158 valence electrons. The van der Waals surface area contributed by atoms with Crippen LogP contribution in [-0.4, -0.2) is 40.6 Å². The normalized spacial score (nSPS) is 16.7. The van der Waals surface area contributed by atoms with Crippen molar-refractivity contribution >= 4 is 16.8 Å². The molecule has 3 aromatic rings. The van der Waals surface area contributed by atoms with E-state index in [2.05, 4.69) is 4.98 Å². The predicted molar refractivity (Wildman–Crippen MR) is 108 cm³/mol. The number of likely N-dealkylation sites (tertiary alicyclic amines) is 1. The highest BCUT2D eigenvalue weighted by Gasteiger charge is 2.39. The maximum Gasteiger partial charge on any atom is 0.416 e. The van der Waals surface area contributed by atoms with Gasteiger partial charge in [0, 0.05) is 47.8 Å². The Labute approximate surface area is 172 Å². The minimum Gasteiger partial charge on any atom is -0.396 e. The molecule has 7 heteroatoms. The van der Waals surface area contributed by atoms with Gasteiger partial charge in [0.15, 0.2) is 0 Å². The fraction of sp³-hybridized carbons (Fsp3) is 0.348. The SMILES string of the molecule is O=C(c1ccc2[nH]ccc2c1)N1CCC(CO)(Cc2ccccc2C(F)(F)F)CC1. The lowest BCUT2D eigenvalue weighted by Gasteiger charge is -2.41. The van der Waals surface area contributed by atoms with Gasteiger partial charge in [-0.2, -0.15) is 13.2 Å².